The van der Waals surface area contributed by atoms with Crippen molar-refractivity contribution in [2.45, 2.75) is 32.5 Å². The van der Waals surface area contributed by atoms with Crippen LogP contribution in [-0.2, 0) is 14.3 Å². The number of likely N-dealkylation sites (tertiary alicyclic amines) is 1. The first-order valence-electron chi connectivity index (χ1n) is 7.95. The van der Waals surface area contributed by atoms with Gasteiger partial charge in [0, 0.05) is 31.6 Å². The van der Waals surface area contributed by atoms with Gasteiger partial charge in [-0.15, -0.1) is 0 Å². The van der Waals surface area contributed by atoms with Gasteiger partial charge in [0.2, 0.25) is 5.91 Å². The number of aryl methyl sites for hydroxylation is 2. The van der Waals surface area contributed by atoms with Gasteiger partial charge in [-0.2, -0.15) is 0 Å². The van der Waals surface area contributed by atoms with Gasteiger partial charge < -0.3 is 19.7 Å². The highest BCUT2D eigenvalue weighted by atomic mass is 16.7. The molecule has 1 spiro atoms. The average molecular weight is 304 g/mol. The third-order valence-corrected chi connectivity index (χ3v) is 4.51. The molecular weight excluding hydrogens is 280 g/mol. The molecule has 1 aromatic rings. The molecule has 2 saturated heterocycles. The van der Waals surface area contributed by atoms with Gasteiger partial charge >= 0.3 is 0 Å². The summed E-state index contributed by atoms with van der Waals surface area (Å²) in [6.45, 7) is 7.17. The van der Waals surface area contributed by atoms with Crippen molar-refractivity contribution in [3.63, 3.8) is 0 Å². The molecule has 3 rings (SSSR count). The summed E-state index contributed by atoms with van der Waals surface area (Å²) in [6, 6.07) is 6.23. The van der Waals surface area contributed by atoms with E-state index in [9.17, 15) is 4.79 Å². The second kappa shape index (κ2) is 6.26. The molecule has 0 atom stereocenters. The Hall–Kier alpha value is -1.59. The van der Waals surface area contributed by atoms with Gasteiger partial charge in [-0.1, -0.05) is 12.1 Å². The maximum absolute atomic E-state index is 12.4. The predicted molar refractivity (Wildman–Crippen MR) is 84.9 cm³/mol. The van der Waals surface area contributed by atoms with Crippen LogP contribution in [0.2, 0.25) is 0 Å². The highest BCUT2D eigenvalue weighted by molar-refractivity contribution is 5.81. The standard InChI is InChI=1S/C17H24N2O3/c1-13-3-4-14(2)15(11-13)18-12-16(20)19-7-5-17(6-8-19)21-9-10-22-17/h3-4,11,18H,5-10,12H2,1-2H3. The van der Waals surface area contributed by atoms with Crippen LogP contribution in [0.5, 0.6) is 0 Å². The molecule has 2 fully saturated rings. The molecular formula is C17H24N2O3. The average Bonchev–Trinajstić information content (AvgIpc) is 2.97. The number of rotatable bonds is 3. The second-order valence-electron chi connectivity index (χ2n) is 6.16. The van der Waals surface area contributed by atoms with Crippen molar-refractivity contribution in [3.05, 3.63) is 29.3 Å². The Morgan fingerprint density at radius 1 is 1.23 bits per heavy atom. The van der Waals surface area contributed by atoms with E-state index in [1.54, 1.807) is 0 Å². The quantitative estimate of drug-likeness (QED) is 0.929. The van der Waals surface area contributed by atoms with E-state index in [0.29, 0.717) is 32.8 Å². The van der Waals surface area contributed by atoms with E-state index in [1.807, 2.05) is 11.8 Å². The van der Waals surface area contributed by atoms with E-state index in [2.05, 4.69) is 30.4 Å². The molecule has 0 aliphatic carbocycles. The molecule has 1 aromatic carbocycles. The predicted octanol–water partition coefficient (Wildman–Crippen LogP) is 2.08. The lowest BCUT2D eigenvalue weighted by Gasteiger charge is -2.37. The number of ether oxygens (including phenoxy) is 2. The summed E-state index contributed by atoms with van der Waals surface area (Å²) in [5, 5.41) is 3.26. The van der Waals surface area contributed by atoms with E-state index in [1.165, 1.54) is 5.56 Å². The zero-order valence-electron chi connectivity index (χ0n) is 13.4. The minimum Gasteiger partial charge on any atom is -0.376 e. The van der Waals surface area contributed by atoms with E-state index >= 15 is 0 Å². The number of carbonyl (C=O) groups is 1. The minimum absolute atomic E-state index is 0.133. The minimum atomic E-state index is -0.419. The van der Waals surface area contributed by atoms with Gasteiger partial charge in [-0.05, 0) is 31.0 Å². The van der Waals surface area contributed by atoms with Crippen LogP contribution in [0.3, 0.4) is 0 Å². The summed E-state index contributed by atoms with van der Waals surface area (Å²) in [7, 11) is 0. The molecule has 0 aromatic heterocycles. The van der Waals surface area contributed by atoms with Crippen LogP contribution >= 0.6 is 0 Å². The van der Waals surface area contributed by atoms with Crippen molar-refractivity contribution < 1.29 is 14.3 Å². The Balaban J connectivity index is 1.51. The van der Waals surface area contributed by atoms with E-state index in [4.69, 9.17) is 9.47 Å². The van der Waals surface area contributed by atoms with E-state index in [0.717, 1.165) is 24.1 Å². The van der Waals surface area contributed by atoms with Crippen LogP contribution in [0.25, 0.3) is 0 Å². The molecule has 1 N–H and O–H groups in total. The van der Waals surface area contributed by atoms with Crippen LogP contribution in [0.15, 0.2) is 18.2 Å². The Morgan fingerprint density at radius 2 is 1.91 bits per heavy atom. The summed E-state index contributed by atoms with van der Waals surface area (Å²) in [4.78, 5) is 14.2. The lowest BCUT2D eigenvalue weighted by atomic mass is 10.0. The van der Waals surface area contributed by atoms with Crippen LogP contribution < -0.4 is 5.32 Å². The summed E-state index contributed by atoms with van der Waals surface area (Å²) in [6.07, 6.45) is 1.53. The summed E-state index contributed by atoms with van der Waals surface area (Å²) in [5.41, 5.74) is 3.38. The Labute approximate surface area is 131 Å². The number of nitrogens with one attached hydrogen (secondary N) is 1. The molecule has 2 aliphatic rings. The van der Waals surface area contributed by atoms with Crippen LogP contribution in [0.1, 0.15) is 24.0 Å². The molecule has 2 heterocycles. The van der Waals surface area contributed by atoms with Gasteiger partial charge in [0.1, 0.15) is 0 Å². The zero-order chi connectivity index (χ0) is 15.6. The number of hydrogen-bond donors (Lipinski definition) is 1. The normalized spacial score (nSPS) is 20.4. The third-order valence-electron chi connectivity index (χ3n) is 4.51. The van der Waals surface area contributed by atoms with Crippen molar-refractivity contribution in [3.8, 4) is 0 Å². The van der Waals surface area contributed by atoms with E-state index < -0.39 is 5.79 Å². The Kier molecular flexibility index (Phi) is 4.36. The molecule has 1 amide bonds. The number of anilines is 1. The highest BCUT2D eigenvalue weighted by Gasteiger charge is 2.40. The van der Waals surface area contributed by atoms with Gasteiger partial charge in [0.05, 0.1) is 19.8 Å². The first-order valence-corrected chi connectivity index (χ1v) is 7.95. The second-order valence-corrected chi connectivity index (χ2v) is 6.16. The van der Waals surface area contributed by atoms with Crippen molar-refractivity contribution in [1.82, 2.24) is 4.90 Å². The fraction of sp³-hybridized carbons (Fsp3) is 0.588. The molecule has 0 radical (unpaired) electrons. The fourth-order valence-electron chi connectivity index (χ4n) is 3.09. The monoisotopic (exact) mass is 304 g/mol. The molecule has 5 nitrogen and oxygen atoms in total. The topological polar surface area (TPSA) is 50.8 Å². The third kappa shape index (κ3) is 3.25. The Bertz CT molecular complexity index is 543. The fourth-order valence-corrected chi connectivity index (χ4v) is 3.09. The zero-order valence-corrected chi connectivity index (χ0v) is 13.4. The number of piperidine rings is 1. The van der Waals surface area contributed by atoms with E-state index in [-0.39, 0.29) is 5.91 Å². The molecule has 22 heavy (non-hydrogen) atoms. The maximum atomic E-state index is 12.4. The van der Waals surface area contributed by atoms with Gasteiger partial charge in [0.25, 0.3) is 0 Å². The number of amides is 1. The largest absolute Gasteiger partial charge is 0.376 e. The van der Waals surface area contributed by atoms with Gasteiger partial charge in [0.15, 0.2) is 5.79 Å². The van der Waals surface area contributed by atoms with Crippen molar-refractivity contribution in [2.75, 3.05) is 38.2 Å². The lowest BCUT2D eigenvalue weighted by molar-refractivity contribution is -0.187. The molecule has 120 valence electrons. The smallest absolute Gasteiger partial charge is 0.241 e. The van der Waals surface area contributed by atoms with Crippen LogP contribution in [0.4, 0.5) is 5.69 Å². The molecule has 2 aliphatic heterocycles. The number of carbonyl (C=O) groups excluding carboxylic acids is 1. The first kappa shape index (κ1) is 15.3. The molecule has 0 saturated carbocycles. The summed E-state index contributed by atoms with van der Waals surface area (Å²) >= 11 is 0. The highest BCUT2D eigenvalue weighted by Crippen LogP contribution is 2.31. The number of hydrogen-bond acceptors (Lipinski definition) is 4. The SMILES string of the molecule is Cc1ccc(C)c(NCC(=O)N2CCC3(CC2)OCCO3)c1. The maximum Gasteiger partial charge on any atom is 0.241 e. The van der Waals surface area contributed by atoms with Crippen molar-refractivity contribution in [1.29, 1.82) is 0 Å². The Morgan fingerprint density at radius 3 is 2.59 bits per heavy atom. The molecule has 0 unspecified atom stereocenters. The molecule has 0 bridgehead atoms. The van der Waals surface area contributed by atoms with Gasteiger partial charge in [-0.25, -0.2) is 0 Å². The van der Waals surface area contributed by atoms with Gasteiger partial charge in [-0.3, -0.25) is 4.79 Å². The first-order chi connectivity index (χ1) is 10.6. The van der Waals surface area contributed by atoms with Crippen molar-refractivity contribution >= 4 is 11.6 Å². The number of nitrogens with zero attached hydrogens (tertiary/aromatic N) is 1. The van der Waals surface area contributed by atoms with Crippen LogP contribution in [0, 0.1) is 13.8 Å². The van der Waals surface area contributed by atoms with Crippen molar-refractivity contribution in [2.24, 2.45) is 0 Å². The number of benzene rings is 1. The van der Waals surface area contributed by atoms with Crippen LogP contribution in [-0.4, -0.2) is 49.4 Å². The molecule has 5 heteroatoms. The summed E-state index contributed by atoms with van der Waals surface area (Å²) < 4.78 is 11.4. The summed E-state index contributed by atoms with van der Waals surface area (Å²) in [5.74, 6) is -0.286. The lowest BCUT2D eigenvalue weighted by Crippen LogP contribution is -2.48.